The Hall–Kier alpha value is -4.12. The highest BCUT2D eigenvalue weighted by molar-refractivity contribution is 6.07. The first-order valence-electron chi connectivity index (χ1n) is 9.74. The van der Waals surface area contributed by atoms with Crippen LogP contribution >= 0.6 is 0 Å². The van der Waals surface area contributed by atoms with Crippen molar-refractivity contribution in [2.75, 3.05) is 5.32 Å². The van der Waals surface area contributed by atoms with E-state index in [0.717, 1.165) is 12.8 Å². The number of nitriles is 1. The van der Waals surface area contributed by atoms with Crippen molar-refractivity contribution in [2.24, 2.45) is 0 Å². The second-order valence-electron chi connectivity index (χ2n) is 6.92. The maximum Gasteiger partial charge on any atom is 0.337 e. The highest BCUT2D eigenvalue weighted by Gasteiger charge is 2.19. The van der Waals surface area contributed by atoms with E-state index in [-0.39, 0.29) is 28.6 Å². The predicted octanol–water partition coefficient (Wildman–Crippen LogP) is 4.73. The van der Waals surface area contributed by atoms with Gasteiger partial charge in [-0.1, -0.05) is 30.6 Å². The molecule has 1 unspecified atom stereocenters. The fourth-order valence-corrected chi connectivity index (χ4v) is 3.05. The smallest absolute Gasteiger partial charge is 0.337 e. The summed E-state index contributed by atoms with van der Waals surface area (Å²) in [6, 6.07) is 14.6. The van der Waals surface area contributed by atoms with E-state index in [2.05, 4.69) is 17.4 Å². The summed E-state index contributed by atoms with van der Waals surface area (Å²) in [7, 11) is 0. The van der Waals surface area contributed by atoms with Crippen LogP contribution in [-0.4, -0.2) is 28.2 Å². The molecule has 1 aromatic heterocycles. The van der Waals surface area contributed by atoms with Crippen molar-refractivity contribution in [1.82, 2.24) is 5.16 Å². The molecule has 0 aliphatic heterocycles. The molecule has 0 spiro atoms. The number of benzene rings is 2. The number of carboxylic acid groups (broad SMARTS) is 1. The van der Waals surface area contributed by atoms with Crippen LogP contribution in [0.25, 0.3) is 11.3 Å². The van der Waals surface area contributed by atoms with Gasteiger partial charge >= 0.3 is 5.97 Å². The van der Waals surface area contributed by atoms with Gasteiger partial charge in [-0.2, -0.15) is 5.26 Å². The van der Waals surface area contributed by atoms with Gasteiger partial charge in [0, 0.05) is 6.07 Å². The van der Waals surface area contributed by atoms with E-state index < -0.39 is 11.9 Å². The highest BCUT2D eigenvalue weighted by atomic mass is 16.5. The van der Waals surface area contributed by atoms with Crippen LogP contribution in [0.4, 0.5) is 5.69 Å². The lowest BCUT2D eigenvalue weighted by molar-refractivity contribution is 0.0698. The van der Waals surface area contributed by atoms with Crippen molar-refractivity contribution in [2.45, 2.75) is 32.8 Å². The minimum atomic E-state index is -1.26. The first kappa shape index (κ1) is 21.6. The number of carbonyl (C=O) groups excluding carboxylic acids is 1. The molecule has 0 aliphatic carbocycles. The van der Waals surface area contributed by atoms with Crippen molar-refractivity contribution in [3.8, 4) is 23.1 Å². The average molecular weight is 419 g/mol. The summed E-state index contributed by atoms with van der Waals surface area (Å²) in [6.07, 6.45) is 1.90. The van der Waals surface area contributed by atoms with Crippen molar-refractivity contribution in [3.63, 3.8) is 0 Å². The summed E-state index contributed by atoms with van der Waals surface area (Å²) in [6.45, 7) is 4.06. The average Bonchev–Trinajstić information content (AvgIpc) is 3.24. The molecule has 0 fully saturated rings. The maximum absolute atomic E-state index is 12.6. The maximum atomic E-state index is 12.6. The third-order valence-corrected chi connectivity index (χ3v) is 4.55. The van der Waals surface area contributed by atoms with Crippen LogP contribution in [-0.2, 0) is 0 Å². The van der Waals surface area contributed by atoms with Gasteiger partial charge in [-0.25, -0.2) is 4.79 Å². The lowest BCUT2D eigenvalue weighted by Gasteiger charge is -2.15. The molecule has 2 N–H and O–H groups in total. The Kier molecular flexibility index (Phi) is 6.67. The molecular weight excluding hydrogens is 398 g/mol. The van der Waals surface area contributed by atoms with Crippen LogP contribution in [0, 0.1) is 11.3 Å². The fourth-order valence-electron chi connectivity index (χ4n) is 3.05. The minimum absolute atomic E-state index is 0.0164. The number of anilines is 1. The van der Waals surface area contributed by atoms with Crippen LogP contribution in [0.1, 0.15) is 53.1 Å². The quantitative estimate of drug-likeness (QED) is 0.540. The molecule has 3 rings (SSSR count). The zero-order chi connectivity index (χ0) is 22.4. The molecule has 0 aliphatic rings. The van der Waals surface area contributed by atoms with Crippen LogP contribution < -0.4 is 10.1 Å². The molecule has 31 heavy (non-hydrogen) atoms. The van der Waals surface area contributed by atoms with Crippen LogP contribution in [0.15, 0.2) is 53.1 Å². The van der Waals surface area contributed by atoms with Gasteiger partial charge in [0.15, 0.2) is 11.5 Å². The van der Waals surface area contributed by atoms with Gasteiger partial charge in [0.2, 0.25) is 0 Å². The van der Waals surface area contributed by atoms with Gasteiger partial charge in [0.05, 0.1) is 34.6 Å². The minimum Gasteiger partial charge on any atom is -0.490 e. The van der Waals surface area contributed by atoms with Crippen LogP contribution in [0.3, 0.4) is 0 Å². The van der Waals surface area contributed by atoms with E-state index >= 15 is 0 Å². The van der Waals surface area contributed by atoms with Crippen LogP contribution in [0.5, 0.6) is 5.75 Å². The second-order valence-corrected chi connectivity index (χ2v) is 6.92. The number of hydrogen-bond acceptors (Lipinski definition) is 6. The van der Waals surface area contributed by atoms with E-state index in [9.17, 15) is 14.7 Å². The number of ether oxygens (including phenoxy) is 1. The molecule has 0 bridgehead atoms. The highest BCUT2D eigenvalue weighted by Crippen LogP contribution is 2.31. The van der Waals surface area contributed by atoms with Gasteiger partial charge in [-0.15, -0.1) is 0 Å². The van der Waals surface area contributed by atoms with Gasteiger partial charge in [-0.3, -0.25) is 4.79 Å². The Morgan fingerprint density at radius 2 is 2.03 bits per heavy atom. The number of nitrogens with one attached hydrogen (secondary N) is 1. The molecule has 1 heterocycles. The number of para-hydroxylation sites is 1. The third-order valence-electron chi connectivity index (χ3n) is 4.55. The number of aromatic nitrogens is 1. The first-order chi connectivity index (χ1) is 14.9. The molecule has 0 saturated carbocycles. The number of carbonyl (C=O) groups is 2. The Labute approximate surface area is 179 Å². The largest absolute Gasteiger partial charge is 0.490 e. The Bertz CT molecular complexity index is 1150. The first-order valence-corrected chi connectivity index (χ1v) is 9.74. The summed E-state index contributed by atoms with van der Waals surface area (Å²) in [5.41, 5.74) is 0.666. The SMILES string of the molecule is CCCC(C)Oc1ccccc1-c1cc(C(=O)Nc2ccc(C#N)cc2C(=O)O)no1. The molecule has 0 radical (unpaired) electrons. The fraction of sp³-hybridized carbons (Fsp3) is 0.217. The number of nitrogens with zero attached hydrogens (tertiary/aromatic N) is 2. The number of amides is 1. The third kappa shape index (κ3) is 5.08. The van der Waals surface area contributed by atoms with Crippen LogP contribution in [0.2, 0.25) is 0 Å². The lowest BCUT2D eigenvalue weighted by atomic mass is 10.1. The molecule has 1 amide bonds. The second kappa shape index (κ2) is 9.59. The molecule has 158 valence electrons. The van der Waals surface area contributed by atoms with E-state index in [1.807, 2.05) is 31.2 Å². The van der Waals surface area contributed by atoms with Crippen molar-refractivity contribution >= 4 is 17.6 Å². The molecule has 3 aromatic rings. The topological polar surface area (TPSA) is 125 Å². The summed E-state index contributed by atoms with van der Waals surface area (Å²) in [4.78, 5) is 24.1. The molecule has 0 saturated heterocycles. The number of carboxylic acids is 1. The van der Waals surface area contributed by atoms with E-state index in [1.165, 1.54) is 24.3 Å². The number of hydrogen-bond donors (Lipinski definition) is 2. The lowest BCUT2D eigenvalue weighted by Crippen LogP contribution is -2.15. The number of rotatable bonds is 8. The Morgan fingerprint density at radius 3 is 2.74 bits per heavy atom. The normalized spacial score (nSPS) is 11.4. The predicted molar refractivity (Wildman–Crippen MR) is 113 cm³/mol. The standard InChI is InChI=1S/C23H21N3O5/c1-3-6-14(2)30-20-8-5-4-7-16(20)21-12-19(26-31-21)22(27)25-18-10-9-15(13-24)11-17(18)23(28)29/h4-5,7-12,14H,3,6H2,1-2H3,(H,25,27)(H,28,29). The Balaban J connectivity index is 1.83. The summed E-state index contributed by atoms with van der Waals surface area (Å²) >= 11 is 0. The van der Waals surface area contributed by atoms with Gasteiger partial charge in [-0.05, 0) is 43.7 Å². The summed E-state index contributed by atoms with van der Waals surface area (Å²) in [5, 5.41) is 24.6. The zero-order valence-electron chi connectivity index (χ0n) is 17.1. The van der Waals surface area contributed by atoms with Gasteiger partial charge in [0.1, 0.15) is 5.75 Å². The van der Waals surface area contributed by atoms with Gasteiger partial charge in [0.25, 0.3) is 5.91 Å². The summed E-state index contributed by atoms with van der Waals surface area (Å²) in [5.74, 6) is -0.935. The van der Waals surface area contributed by atoms with Gasteiger partial charge < -0.3 is 19.7 Å². The molecule has 2 aromatic carbocycles. The Morgan fingerprint density at radius 1 is 1.26 bits per heavy atom. The molecule has 8 nitrogen and oxygen atoms in total. The van der Waals surface area contributed by atoms with E-state index in [4.69, 9.17) is 14.5 Å². The molecule has 1 atom stereocenters. The van der Waals surface area contributed by atoms with Crippen molar-refractivity contribution in [3.05, 3.63) is 65.4 Å². The van der Waals surface area contributed by atoms with E-state index in [1.54, 1.807) is 6.07 Å². The molecule has 8 heteroatoms. The van der Waals surface area contributed by atoms with E-state index in [0.29, 0.717) is 17.1 Å². The monoisotopic (exact) mass is 419 g/mol. The van der Waals surface area contributed by atoms with Crippen molar-refractivity contribution in [1.29, 1.82) is 5.26 Å². The molecular formula is C23H21N3O5. The zero-order valence-corrected chi connectivity index (χ0v) is 17.1. The summed E-state index contributed by atoms with van der Waals surface area (Å²) < 4.78 is 11.3. The number of aromatic carboxylic acids is 1. The van der Waals surface area contributed by atoms with Crippen molar-refractivity contribution < 1.29 is 24.0 Å².